The van der Waals surface area contributed by atoms with Gasteiger partial charge < -0.3 is 19.7 Å². The molecule has 1 aromatic heterocycles. The van der Waals surface area contributed by atoms with Crippen molar-refractivity contribution in [2.24, 2.45) is 5.73 Å². The van der Waals surface area contributed by atoms with E-state index >= 15 is 0 Å². The molecule has 1 heterocycles. The second kappa shape index (κ2) is 8.13. The highest BCUT2D eigenvalue weighted by molar-refractivity contribution is 5.95. The molecular formula is C19H17N3O5. The van der Waals surface area contributed by atoms with E-state index in [0.717, 1.165) is 5.56 Å². The molecule has 0 radical (unpaired) electrons. The highest BCUT2D eigenvalue weighted by Gasteiger charge is 2.20. The fraction of sp³-hybridized carbons (Fsp3) is 0.158. The number of aromatic nitrogens is 2. The normalized spacial score (nSPS) is 11.6. The minimum absolute atomic E-state index is 0.166. The Morgan fingerprint density at radius 3 is 2.56 bits per heavy atom. The maximum atomic E-state index is 12.0. The van der Waals surface area contributed by atoms with Crippen LogP contribution >= 0.6 is 0 Å². The molecule has 1 amide bonds. The van der Waals surface area contributed by atoms with E-state index < -0.39 is 24.6 Å². The van der Waals surface area contributed by atoms with Gasteiger partial charge in [0.1, 0.15) is 5.75 Å². The van der Waals surface area contributed by atoms with Crippen LogP contribution in [0.2, 0.25) is 0 Å². The molecule has 0 aliphatic rings. The Bertz CT molecular complexity index is 939. The van der Waals surface area contributed by atoms with Crippen LogP contribution in [0.25, 0.3) is 11.4 Å². The van der Waals surface area contributed by atoms with Crippen LogP contribution in [0.3, 0.4) is 0 Å². The number of amides is 1. The van der Waals surface area contributed by atoms with Gasteiger partial charge in [0.2, 0.25) is 5.82 Å². The summed E-state index contributed by atoms with van der Waals surface area (Å²) in [5.41, 5.74) is 6.24. The first kappa shape index (κ1) is 18.1. The summed E-state index contributed by atoms with van der Waals surface area (Å²) in [4.78, 5) is 27.6. The molecule has 2 N–H and O–H groups in total. The summed E-state index contributed by atoms with van der Waals surface area (Å²) >= 11 is 0. The maximum Gasteiger partial charge on any atom is 0.344 e. The van der Waals surface area contributed by atoms with Gasteiger partial charge >= 0.3 is 5.97 Å². The van der Waals surface area contributed by atoms with Crippen molar-refractivity contribution in [1.82, 2.24) is 10.1 Å². The van der Waals surface area contributed by atoms with Crippen LogP contribution in [-0.2, 0) is 9.53 Å². The second-order valence-corrected chi connectivity index (χ2v) is 5.60. The number of esters is 1. The number of ether oxygens (including phenoxy) is 2. The molecule has 8 nitrogen and oxygen atoms in total. The number of para-hydroxylation sites is 1. The van der Waals surface area contributed by atoms with Crippen molar-refractivity contribution < 1.29 is 23.6 Å². The van der Waals surface area contributed by atoms with Gasteiger partial charge in [0.05, 0.1) is 5.56 Å². The minimum Gasteiger partial charge on any atom is -0.481 e. The Labute approximate surface area is 154 Å². The number of benzene rings is 2. The number of hydrogen-bond acceptors (Lipinski definition) is 7. The van der Waals surface area contributed by atoms with Gasteiger partial charge in [-0.2, -0.15) is 4.98 Å². The second-order valence-electron chi connectivity index (χ2n) is 5.60. The SMILES string of the molecule is C[C@H](OC(=O)COc1ccccc1C(N)=O)c1nc(-c2ccccc2)no1. The van der Waals surface area contributed by atoms with Crippen molar-refractivity contribution >= 4 is 11.9 Å². The molecule has 0 bridgehead atoms. The molecule has 27 heavy (non-hydrogen) atoms. The molecule has 0 saturated carbocycles. The van der Waals surface area contributed by atoms with E-state index in [2.05, 4.69) is 10.1 Å². The van der Waals surface area contributed by atoms with E-state index in [4.69, 9.17) is 19.7 Å². The molecule has 8 heteroatoms. The zero-order valence-corrected chi connectivity index (χ0v) is 14.5. The summed E-state index contributed by atoms with van der Waals surface area (Å²) < 4.78 is 15.7. The van der Waals surface area contributed by atoms with E-state index in [0.29, 0.717) is 5.82 Å². The smallest absolute Gasteiger partial charge is 0.344 e. The lowest BCUT2D eigenvalue weighted by atomic mass is 10.2. The van der Waals surface area contributed by atoms with E-state index in [1.165, 1.54) is 6.07 Å². The van der Waals surface area contributed by atoms with Crippen molar-refractivity contribution in [3.05, 3.63) is 66.1 Å². The van der Waals surface area contributed by atoms with Crippen LogP contribution in [0.5, 0.6) is 5.75 Å². The van der Waals surface area contributed by atoms with Gasteiger partial charge in [0.25, 0.3) is 11.8 Å². The van der Waals surface area contributed by atoms with Crippen molar-refractivity contribution in [2.75, 3.05) is 6.61 Å². The molecule has 1 atom stereocenters. The summed E-state index contributed by atoms with van der Waals surface area (Å²) in [6, 6.07) is 15.6. The molecule has 0 saturated heterocycles. The van der Waals surface area contributed by atoms with Gasteiger partial charge in [-0.05, 0) is 19.1 Å². The predicted molar refractivity (Wildman–Crippen MR) is 94.7 cm³/mol. The standard InChI is InChI=1S/C19H17N3O5/c1-12(19-21-18(22-27-19)13-7-3-2-4-8-13)26-16(23)11-25-15-10-6-5-9-14(15)17(20)24/h2-10,12H,11H2,1H3,(H2,20,24)/t12-/m0/s1. The molecular weight excluding hydrogens is 350 g/mol. The Kier molecular flexibility index (Phi) is 5.46. The molecule has 0 aliphatic heterocycles. The highest BCUT2D eigenvalue weighted by atomic mass is 16.6. The van der Waals surface area contributed by atoms with Gasteiger partial charge in [-0.1, -0.05) is 47.6 Å². The monoisotopic (exact) mass is 367 g/mol. The zero-order valence-electron chi connectivity index (χ0n) is 14.5. The topological polar surface area (TPSA) is 118 Å². The Hall–Kier alpha value is -3.68. The molecule has 0 aliphatic carbocycles. The zero-order chi connectivity index (χ0) is 19.2. The van der Waals surface area contributed by atoms with Crippen LogP contribution in [0.4, 0.5) is 0 Å². The Morgan fingerprint density at radius 2 is 1.81 bits per heavy atom. The van der Waals surface area contributed by atoms with E-state index in [1.807, 2.05) is 30.3 Å². The number of carbonyl (C=O) groups excluding carboxylic acids is 2. The lowest BCUT2D eigenvalue weighted by Crippen LogP contribution is -2.19. The van der Waals surface area contributed by atoms with Crippen molar-refractivity contribution in [2.45, 2.75) is 13.0 Å². The fourth-order valence-electron chi connectivity index (χ4n) is 2.32. The average molecular weight is 367 g/mol. The largest absolute Gasteiger partial charge is 0.481 e. The third-order valence-electron chi connectivity index (χ3n) is 3.63. The number of hydrogen-bond donors (Lipinski definition) is 1. The van der Waals surface area contributed by atoms with Gasteiger partial charge in [-0.15, -0.1) is 0 Å². The van der Waals surface area contributed by atoms with Gasteiger partial charge in [0.15, 0.2) is 12.7 Å². The number of carbonyl (C=O) groups is 2. The summed E-state index contributed by atoms with van der Waals surface area (Å²) in [6.45, 7) is 1.21. The summed E-state index contributed by atoms with van der Waals surface area (Å²) in [5.74, 6) is -0.522. The predicted octanol–water partition coefficient (Wildman–Crippen LogP) is 2.52. The van der Waals surface area contributed by atoms with E-state index in [9.17, 15) is 9.59 Å². The van der Waals surface area contributed by atoms with E-state index in [-0.39, 0.29) is 17.2 Å². The first-order valence-electron chi connectivity index (χ1n) is 8.14. The first-order chi connectivity index (χ1) is 13.0. The molecule has 0 unspecified atom stereocenters. The summed E-state index contributed by atoms with van der Waals surface area (Å²) in [5, 5.41) is 3.88. The maximum absolute atomic E-state index is 12.0. The molecule has 3 aromatic rings. The van der Waals surface area contributed by atoms with Crippen molar-refractivity contribution in [1.29, 1.82) is 0 Å². The third-order valence-corrected chi connectivity index (χ3v) is 3.63. The summed E-state index contributed by atoms with van der Waals surface area (Å²) in [6.07, 6.45) is -0.752. The lowest BCUT2D eigenvalue weighted by molar-refractivity contribution is -0.152. The first-order valence-corrected chi connectivity index (χ1v) is 8.14. The van der Waals surface area contributed by atoms with Gasteiger partial charge in [0, 0.05) is 5.56 Å². The van der Waals surface area contributed by atoms with Crippen LogP contribution in [-0.4, -0.2) is 28.6 Å². The molecule has 2 aromatic carbocycles. The lowest BCUT2D eigenvalue weighted by Gasteiger charge is -2.11. The van der Waals surface area contributed by atoms with Gasteiger partial charge in [-0.25, -0.2) is 4.79 Å². The Balaban J connectivity index is 1.59. The van der Waals surface area contributed by atoms with Crippen LogP contribution in [0.15, 0.2) is 59.1 Å². The molecule has 3 rings (SSSR count). The Morgan fingerprint density at radius 1 is 1.11 bits per heavy atom. The molecule has 0 spiro atoms. The van der Waals surface area contributed by atoms with Crippen molar-refractivity contribution in [3.63, 3.8) is 0 Å². The minimum atomic E-state index is -0.752. The molecule has 138 valence electrons. The van der Waals surface area contributed by atoms with Crippen LogP contribution in [0, 0.1) is 0 Å². The molecule has 0 fully saturated rings. The van der Waals surface area contributed by atoms with Crippen LogP contribution in [0.1, 0.15) is 29.3 Å². The number of nitrogens with two attached hydrogens (primary N) is 1. The highest BCUT2D eigenvalue weighted by Crippen LogP contribution is 2.21. The van der Waals surface area contributed by atoms with Crippen molar-refractivity contribution in [3.8, 4) is 17.1 Å². The average Bonchev–Trinajstić information content (AvgIpc) is 3.17. The van der Waals surface area contributed by atoms with E-state index in [1.54, 1.807) is 25.1 Å². The van der Waals surface area contributed by atoms with Crippen LogP contribution < -0.4 is 10.5 Å². The number of rotatable bonds is 7. The fourth-order valence-corrected chi connectivity index (χ4v) is 2.32. The summed E-state index contributed by atoms with van der Waals surface area (Å²) in [7, 11) is 0. The quantitative estimate of drug-likeness (QED) is 0.638. The third kappa shape index (κ3) is 4.49. The number of nitrogens with zero attached hydrogens (tertiary/aromatic N) is 2. The van der Waals surface area contributed by atoms with Gasteiger partial charge in [-0.3, -0.25) is 4.79 Å². The number of primary amides is 1.